The monoisotopic (exact) mass is 163 g/mol. The molecule has 0 heterocycles. The second-order valence-electron chi connectivity index (χ2n) is 2.91. The van der Waals surface area contributed by atoms with Crippen molar-refractivity contribution in [1.82, 2.24) is 5.32 Å². The zero-order chi connectivity index (χ0) is 8.48. The molecule has 2 nitrogen and oxygen atoms in total. The van der Waals surface area contributed by atoms with E-state index < -0.39 is 12.0 Å². The third-order valence-corrected chi connectivity index (χ3v) is 1.89. The molecule has 1 fully saturated rings. The van der Waals surface area contributed by atoms with Gasteiger partial charge in [0.25, 0.3) is 5.92 Å². The third kappa shape index (κ3) is 1.88. The van der Waals surface area contributed by atoms with Crippen LogP contribution in [0.1, 0.15) is 26.2 Å². The van der Waals surface area contributed by atoms with Crippen LogP contribution in [0.15, 0.2) is 0 Å². The van der Waals surface area contributed by atoms with E-state index in [1.807, 2.05) is 0 Å². The van der Waals surface area contributed by atoms with Gasteiger partial charge in [-0.3, -0.25) is 4.79 Å². The van der Waals surface area contributed by atoms with Gasteiger partial charge in [0, 0.05) is 13.3 Å². The molecule has 0 radical (unpaired) electrons. The quantitative estimate of drug-likeness (QED) is 0.620. The molecule has 1 aliphatic carbocycles. The molecular weight excluding hydrogens is 152 g/mol. The Morgan fingerprint density at radius 2 is 2.27 bits per heavy atom. The third-order valence-electron chi connectivity index (χ3n) is 1.89. The predicted octanol–water partition coefficient (Wildman–Crippen LogP) is 1.31. The molecule has 1 atom stereocenters. The predicted molar refractivity (Wildman–Crippen MR) is 36.4 cm³/mol. The van der Waals surface area contributed by atoms with Crippen LogP contribution in [0.25, 0.3) is 0 Å². The Hall–Kier alpha value is -0.670. The van der Waals surface area contributed by atoms with Gasteiger partial charge in [-0.25, -0.2) is 8.78 Å². The lowest BCUT2D eigenvalue weighted by Gasteiger charge is -2.18. The van der Waals surface area contributed by atoms with Crippen molar-refractivity contribution in [2.24, 2.45) is 0 Å². The van der Waals surface area contributed by atoms with Gasteiger partial charge >= 0.3 is 0 Å². The number of carbonyl (C=O) groups is 1. The van der Waals surface area contributed by atoms with E-state index in [-0.39, 0.29) is 12.3 Å². The summed E-state index contributed by atoms with van der Waals surface area (Å²) in [5.74, 6) is -3.07. The number of hydrogen-bond donors (Lipinski definition) is 1. The number of hydrogen-bond acceptors (Lipinski definition) is 1. The smallest absolute Gasteiger partial charge is 0.267 e. The van der Waals surface area contributed by atoms with Gasteiger partial charge in [0.2, 0.25) is 5.91 Å². The number of carbonyl (C=O) groups excluding carboxylic acids is 1. The Kier molecular flexibility index (Phi) is 2.11. The topological polar surface area (TPSA) is 29.1 Å². The second kappa shape index (κ2) is 2.75. The molecule has 0 bridgehead atoms. The summed E-state index contributed by atoms with van der Waals surface area (Å²) in [5, 5.41) is 2.24. The molecular formula is C7H11F2NO. The van der Waals surface area contributed by atoms with Crippen LogP contribution in [0.3, 0.4) is 0 Å². The van der Waals surface area contributed by atoms with Gasteiger partial charge in [0.1, 0.15) is 0 Å². The standard InChI is InChI=1S/C7H11F2NO/c1-5(11)10-6-3-2-4-7(6,8)9/h6H,2-4H2,1H3,(H,10,11). The molecule has 0 spiro atoms. The van der Waals surface area contributed by atoms with Crippen molar-refractivity contribution in [2.75, 3.05) is 0 Å². The van der Waals surface area contributed by atoms with Crippen molar-refractivity contribution in [1.29, 1.82) is 0 Å². The van der Waals surface area contributed by atoms with E-state index in [2.05, 4.69) is 5.32 Å². The minimum atomic E-state index is -2.69. The molecule has 11 heavy (non-hydrogen) atoms. The van der Waals surface area contributed by atoms with Gasteiger partial charge < -0.3 is 5.32 Å². The minimum absolute atomic E-state index is 0.0993. The van der Waals surface area contributed by atoms with Crippen molar-refractivity contribution < 1.29 is 13.6 Å². The minimum Gasteiger partial charge on any atom is -0.348 e. The molecule has 1 rings (SSSR count). The van der Waals surface area contributed by atoms with Crippen molar-refractivity contribution in [3.63, 3.8) is 0 Å². The Balaban J connectivity index is 2.51. The first-order chi connectivity index (χ1) is 5.02. The highest BCUT2D eigenvalue weighted by molar-refractivity contribution is 5.73. The van der Waals surface area contributed by atoms with E-state index in [1.165, 1.54) is 6.92 Å². The van der Waals surface area contributed by atoms with Gasteiger partial charge in [-0.2, -0.15) is 0 Å². The molecule has 1 unspecified atom stereocenters. The van der Waals surface area contributed by atoms with Gasteiger partial charge in [0.15, 0.2) is 0 Å². The first-order valence-electron chi connectivity index (χ1n) is 3.67. The lowest BCUT2D eigenvalue weighted by molar-refractivity contribution is -0.122. The first-order valence-corrected chi connectivity index (χ1v) is 3.67. The molecule has 0 aromatic rings. The van der Waals surface area contributed by atoms with Crippen LogP contribution in [-0.4, -0.2) is 17.9 Å². The molecule has 0 aromatic carbocycles. The summed E-state index contributed by atoms with van der Waals surface area (Å²) in [5.41, 5.74) is 0. The highest BCUT2D eigenvalue weighted by Gasteiger charge is 2.44. The average Bonchev–Trinajstić information content (AvgIpc) is 2.10. The van der Waals surface area contributed by atoms with Crippen LogP contribution >= 0.6 is 0 Å². The molecule has 0 saturated heterocycles. The zero-order valence-electron chi connectivity index (χ0n) is 6.36. The Morgan fingerprint density at radius 3 is 2.64 bits per heavy atom. The number of alkyl halides is 2. The molecule has 64 valence electrons. The van der Waals surface area contributed by atoms with Gasteiger partial charge in [-0.05, 0) is 12.8 Å². The van der Waals surface area contributed by atoms with Crippen molar-refractivity contribution >= 4 is 5.91 Å². The van der Waals surface area contributed by atoms with Crippen LogP contribution in [0.5, 0.6) is 0 Å². The molecule has 0 aromatic heterocycles. The van der Waals surface area contributed by atoms with Crippen LogP contribution in [0, 0.1) is 0 Å². The molecule has 1 N–H and O–H groups in total. The van der Waals surface area contributed by atoms with E-state index in [4.69, 9.17) is 0 Å². The molecule has 0 aliphatic heterocycles. The summed E-state index contributed by atoms with van der Waals surface area (Å²) in [6.07, 6.45) is 0.794. The van der Waals surface area contributed by atoms with Gasteiger partial charge in [-0.1, -0.05) is 0 Å². The van der Waals surface area contributed by atoms with Crippen molar-refractivity contribution in [3.05, 3.63) is 0 Å². The van der Waals surface area contributed by atoms with Crippen LogP contribution in [0.2, 0.25) is 0 Å². The highest BCUT2D eigenvalue weighted by atomic mass is 19.3. The Labute approximate surface area is 64.0 Å². The summed E-state index contributed by atoms with van der Waals surface area (Å²) >= 11 is 0. The fraction of sp³-hybridized carbons (Fsp3) is 0.857. The Morgan fingerprint density at radius 1 is 1.64 bits per heavy atom. The lowest BCUT2D eigenvalue weighted by atomic mass is 10.2. The molecule has 1 amide bonds. The number of rotatable bonds is 1. The van der Waals surface area contributed by atoms with Crippen molar-refractivity contribution in [2.45, 2.75) is 38.2 Å². The van der Waals surface area contributed by atoms with E-state index in [1.54, 1.807) is 0 Å². The summed E-state index contributed by atoms with van der Waals surface area (Å²) in [7, 11) is 0. The summed E-state index contributed by atoms with van der Waals surface area (Å²) in [4.78, 5) is 10.4. The van der Waals surface area contributed by atoms with E-state index >= 15 is 0 Å². The maximum atomic E-state index is 12.8. The SMILES string of the molecule is CC(=O)NC1CCCC1(F)F. The second-order valence-corrected chi connectivity index (χ2v) is 2.91. The van der Waals surface area contributed by atoms with Gasteiger partial charge in [-0.15, -0.1) is 0 Å². The van der Waals surface area contributed by atoms with E-state index in [9.17, 15) is 13.6 Å². The number of nitrogens with one attached hydrogen (secondary N) is 1. The normalized spacial score (nSPS) is 28.5. The molecule has 1 aliphatic rings. The van der Waals surface area contributed by atoms with E-state index in [0.717, 1.165) is 0 Å². The Bertz CT molecular complexity index is 170. The largest absolute Gasteiger partial charge is 0.348 e. The molecule has 4 heteroatoms. The van der Waals surface area contributed by atoms with Crippen LogP contribution in [-0.2, 0) is 4.79 Å². The summed E-state index contributed by atoms with van der Waals surface area (Å²) in [6, 6.07) is -0.931. The van der Waals surface area contributed by atoms with E-state index in [0.29, 0.717) is 12.8 Å². The summed E-state index contributed by atoms with van der Waals surface area (Å²) < 4.78 is 25.5. The fourth-order valence-corrected chi connectivity index (χ4v) is 1.35. The average molecular weight is 163 g/mol. The highest BCUT2D eigenvalue weighted by Crippen LogP contribution is 2.34. The van der Waals surface area contributed by atoms with Crippen molar-refractivity contribution in [3.8, 4) is 0 Å². The maximum absolute atomic E-state index is 12.8. The number of amides is 1. The lowest BCUT2D eigenvalue weighted by Crippen LogP contribution is -2.42. The first kappa shape index (κ1) is 8.43. The maximum Gasteiger partial charge on any atom is 0.267 e. The fourth-order valence-electron chi connectivity index (χ4n) is 1.35. The molecule has 1 saturated carbocycles. The zero-order valence-corrected chi connectivity index (χ0v) is 6.36. The number of halogens is 2. The van der Waals surface area contributed by atoms with Gasteiger partial charge in [0.05, 0.1) is 6.04 Å². The summed E-state index contributed by atoms with van der Waals surface area (Å²) in [6.45, 7) is 1.26. The van der Waals surface area contributed by atoms with Crippen LogP contribution in [0.4, 0.5) is 8.78 Å². The van der Waals surface area contributed by atoms with Crippen LogP contribution < -0.4 is 5.32 Å².